The van der Waals surface area contributed by atoms with Gasteiger partial charge in [-0.1, -0.05) is 5.16 Å². The van der Waals surface area contributed by atoms with E-state index < -0.39 is 5.97 Å². The summed E-state index contributed by atoms with van der Waals surface area (Å²) in [5.74, 6) is 0.813. The predicted octanol–water partition coefficient (Wildman–Crippen LogP) is 2.09. The van der Waals surface area contributed by atoms with Gasteiger partial charge in [-0.25, -0.2) is 0 Å². The molecule has 0 atom stereocenters. The molecule has 1 aliphatic carbocycles. The van der Waals surface area contributed by atoms with E-state index in [-0.39, 0.29) is 6.54 Å². The SMILES string of the molecule is O=C(O)CN(Cc1nc(-c2ccsc2)no1)CC1CC1. The van der Waals surface area contributed by atoms with Crippen LogP contribution in [0.2, 0.25) is 0 Å². The van der Waals surface area contributed by atoms with Crippen LogP contribution >= 0.6 is 11.3 Å². The van der Waals surface area contributed by atoms with Gasteiger partial charge in [0.1, 0.15) is 0 Å². The molecule has 2 aromatic rings. The molecule has 2 aromatic heterocycles. The zero-order valence-electron chi connectivity index (χ0n) is 10.9. The highest BCUT2D eigenvalue weighted by molar-refractivity contribution is 7.08. The molecule has 1 saturated carbocycles. The number of nitrogens with zero attached hydrogens (tertiary/aromatic N) is 3. The predicted molar refractivity (Wildman–Crippen MR) is 73.2 cm³/mol. The smallest absolute Gasteiger partial charge is 0.317 e. The van der Waals surface area contributed by atoms with Gasteiger partial charge >= 0.3 is 5.97 Å². The van der Waals surface area contributed by atoms with Gasteiger partial charge in [0.2, 0.25) is 11.7 Å². The lowest BCUT2D eigenvalue weighted by atomic mass is 10.3. The average Bonchev–Trinajstić information content (AvgIpc) is 2.91. The van der Waals surface area contributed by atoms with Crippen molar-refractivity contribution >= 4 is 17.3 Å². The maximum absolute atomic E-state index is 10.9. The van der Waals surface area contributed by atoms with Gasteiger partial charge in [-0.15, -0.1) is 0 Å². The van der Waals surface area contributed by atoms with E-state index in [1.165, 1.54) is 12.8 Å². The molecule has 0 spiro atoms. The van der Waals surface area contributed by atoms with Gasteiger partial charge in [0, 0.05) is 17.5 Å². The fourth-order valence-electron chi connectivity index (χ4n) is 2.06. The van der Waals surface area contributed by atoms with Crippen LogP contribution in [0.1, 0.15) is 18.7 Å². The lowest BCUT2D eigenvalue weighted by Gasteiger charge is -2.17. The van der Waals surface area contributed by atoms with E-state index in [9.17, 15) is 4.79 Å². The normalized spacial score (nSPS) is 14.8. The summed E-state index contributed by atoms with van der Waals surface area (Å²) in [5.41, 5.74) is 0.928. The summed E-state index contributed by atoms with van der Waals surface area (Å²) in [5, 5.41) is 16.8. The molecule has 1 N–H and O–H groups in total. The Balaban J connectivity index is 1.66. The second-order valence-corrected chi connectivity index (χ2v) is 5.81. The van der Waals surface area contributed by atoms with Crippen molar-refractivity contribution in [1.29, 1.82) is 0 Å². The third-order valence-electron chi connectivity index (χ3n) is 3.18. The molecule has 1 aliphatic rings. The fraction of sp³-hybridized carbons (Fsp3) is 0.462. The number of carbonyl (C=O) groups is 1. The van der Waals surface area contributed by atoms with Crippen LogP contribution in [0.5, 0.6) is 0 Å². The number of aliphatic carboxylic acids is 1. The Morgan fingerprint density at radius 2 is 2.40 bits per heavy atom. The first-order valence-electron chi connectivity index (χ1n) is 6.50. The van der Waals surface area contributed by atoms with E-state index in [1.54, 1.807) is 11.3 Å². The quantitative estimate of drug-likeness (QED) is 0.842. The maximum atomic E-state index is 10.9. The van der Waals surface area contributed by atoms with Crippen LogP contribution in [0.15, 0.2) is 21.3 Å². The molecule has 0 aliphatic heterocycles. The Morgan fingerprint density at radius 1 is 1.55 bits per heavy atom. The maximum Gasteiger partial charge on any atom is 0.317 e. The van der Waals surface area contributed by atoms with Gasteiger partial charge in [-0.2, -0.15) is 16.3 Å². The number of carboxylic acids is 1. The molecule has 0 aromatic carbocycles. The van der Waals surface area contributed by atoms with E-state index in [0.717, 1.165) is 12.1 Å². The zero-order chi connectivity index (χ0) is 13.9. The Kier molecular flexibility index (Phi) is 3.79. The highest BCUT2D eigenvalue weighted by atomic mass is 32.1. The van der Waals surface area contributed by atoms with Crippen LogP contribution in [0.25, 0.3) is 11.4 Å². The molecule has 6 nitrogen and oxygen atoms in total. The second-order valence-electron chi connectivity index (χ2n) is 5.03. The van der Waals surface area contributed by atoms with Crippen molar-refractivity contribution in [2.24, 2.45) is 5.92 Å². The largest absolute Gasteiger partial charge is 0.480 e. The molecule has 1 fully saturated rings. The molecular formula is C13H15N3O3S. The number of rotatable bonds is 7. The molecule has 0 saturated heterocycles. The van der Waals surface area contributed by atoms with E-state index in [4.69, 9.17) is 9.63 Å². The fourth-order valence-corrected chi connectivity index (χ4v) is 2.70. The first-order valence-corrected chi connectivity index (χ1v) is 7.44. The van der Waals surface area contributed by atoms with Gasteiger partial charge in [0.25, 0.3) is 0 Å². The Labute approximate surface area is 120 Å². The molecule has 0 bridgehead atoms. The van der Waals surface area contributed by atoms with Crippen LogP contribution in [-0.2, 0) is 11.3 Å². The van der Waals surface area contributed by atoms with Gasteiger partial charge in [0.05, 0.1) is 13.1 Å². The molecule has 106 valence electrons. The van der Waals surface area contributed by atoms with Crippen molar-refractivity contribution in [3.05, 3.63) is 22.7 Å². The van der Waals surface area contributed by atoms with E-state index >= 15 is 0 Å². The lowest BCUT2D eigenvalue weighted by molar-refractivity contribution is -0.138. The van der Waals surface area contributed by atoms with Crippen LogP contribution in [0.4, 0.5) is 0 Å². The van der Waals surface area contributed by atoms with Crippen LogP contribution in [0, 0.1) is 5.92 Å². The summed E-state index contributed by atoms with van der Waals surface area (Å²) >= 11 is 1.57. The molecule has 0 unspecified atom stereocenters. The van der Waals surface area contributed by atoms with Crippen LogP contribution in [-0.4, -0.2) is 39.2 Å². The molecule has 3 rings (SSSR count). The molecule has 0 amide bonds. The Bertz CT molecular complexity index is 577. The number of aromatic nitrogens is 2. The summed E-state index contributed by atoms with van der Waals surface area (Å²) in [6.45, 7) is 1.18. The molecule has 20 heavy (non-hydrogen) atoms. The lowest BCUT2D eigenvalue weighted by Crippen LogP contribution is -2.31. The Hall–Kier alpha value is -1.73. The molecule has 2 heterocycles. The van der Waals surface area contributed by atoms with Crippen molar-refractivity contribution in [3.8, 4) is 11.4 Å². The topological polar surface area (TPSA) is 79.5 Å². The van der Waals surface area contributed by atoms with E-state index in [2.05, 4.69) is 10.1 Å². The molecule has 7 heteroatoms. The third-order valence-corrected chi connectivity index (χ3v) is 3.86. The molecular weight excluding hydrogens is 278 g/mol. The first-order chi connectivity index (χ1) is 9.70. The minimum absolute atomic E-state index is 0.00661. The second kappa shape index (κ2) is 5.72. The minimum Gasteiger partial charge on any atom is -0.480 e. The highest BCUT2D eigenvalue weighted by Crippen LogP contribution is 2.30. The summed E-state index contributed by atoms with van der Waals surface area (Å²) in [6, 6.07) is 1.93. The Morgan fingerprint density at radius 3 is 3.05 bits per heavy atom. The summed E-state index contributed by atoms with van der Waals surface area (Å²) in [4.78, 5) is 17.1. The first kappa shape index (κ1) is 13.3. The van der Waals surface area contributed by atoms with E-state index in [1.807, 2.05) is 21.7 Å². The number of hydrogen-bond acceptors (Lipinski definition) is 6. The number of hydrogen-bond donors (Lipinski definition) is 1. The van der Waals surface area contributed by atoms with Gasteiger partial charge in [0.15, 0.2) is 0 Å². The van der Waals surface area contributed by atoms with Crippen molar-refractivity contribution in [2.45, 2.75) is 19.4 Å². The third kappa shape index (κ3) is 3.43. The van der Waals surface area contributed by atoms with Gasteiger partial charge < -0.3 is 9.63 Å². The van der Waals surface area contributed by atoms with Crippen LogP contribution in [0.3, 0.4) is 0 Å². The summed E-state index contributed by atoms with van der Waals surface area (Å²) in [6.07, 6.45) is 2.36. The summed E-state index contributed by atoms with van der Waals surface area (Å²) in [7, 11) is 0. The highest BCUT2D eigenvalue weighted by Gasteiger charge is 2.26. The average molecular weight is 293 g/mol. The minimum atomic E-state index is -0.830. The van der Waals surface area contributed by atoms with E-state index in [0.29, 0.717) is 24.2 Å². The summed E-state index contributed by atoms with van der Waals surface area (Å²) < 4.78 is 5.21. The number of carboxylic acid groups (broad SMARTS) is 1. The van der Waals surface area contributed by atoms with Crippen LogP contribution < -0.4 is 0 Å². The number of thiophene rings is 1. The standard InChI is InChI=1S/C13H15N3O3S/c17-12(18)7-16(5-9-1-2-9)6-11-14-13(15-19-11)10-3-4-20-8-10/h3-4,8-9H,1-2,5-7H2,(H,17,18). The van der Waals surface area contributed by atoms with Crippen molar-refractivity contribution in [1.82, 2.24) is 15.0 Å². The van der Waals surface area contributed by atoms with Crippen molar-refractivity contribution in [3.63, 3.8) is 0 Å². The molecule has 0 radical (unpaired) electrons. The van der Waals surface area contributed by atoms with Crippen molar-refractivity contribution in [2.75, 3.05) is 13.1 Å². The monoisotopic (exact) mass is 293 g/mol. The zero-order valence-corrected chi connectivity index (χ0v) is 11.7. The van der Waals surface area contributed by atoms with Crippen molar-refractivity contribution < 1.29 is 14.4 Å². The van der Waals surface area contributed by atoms with Gasteiger partial charge in [-0.05, 0) is 30.2 Å². The van der Waals surface area contributed by atoms with Gasteiger partial charge in [-0.3, -0.25) is 9.69 Å².